The number of pyridine rings is 1. The van der Waals surface area contributed by atoms with Gasteiger partial charge in [-0.05, 0) is 29.8 Å². The van der Waals surface area contributed by atoms with E-state index in [0.29, 0.717) is 11.4 Å². The van der Waals surface area contributed by atoms with Gasteiger partial charge in [0.25, 0.3) is 0 Å². The minimum Gasteiger partial charge on any atom is -0.495 e. The van der Waals surface area contributed by atoms with Crippen molar-refractivity contribution in [3.05, 3.63) is 90.3 Å². The second-order valence-corrected chi connectivity index (χ2v) is 5.73. The third-order valence-electron chi connectivity index (χ3n) is 3.96. The number of nitrogens with zero attached hydrogens (tertiary/aromatic N) is 1. The lowest BCUT2D eigenvalue weighted by Crippen LogP contribution is -2.32. The maximum Gasteiger partial charge on any atom is 0.238 e. The fraction of sp³-hybridized carbons (Fsp3) is 0.143. The predicted molar refractivity (Wildman–Crippen MR) is 102 cm³/mol. The van der Waals surface area contributed by atoms with Crippen LogP contribution in [0.4, 0.5) is 5.69 Å². The summed E-state index contributed by atoms with van der Waals surface area (Å²) in [5.74, 6) is 0.483. The molecule has 0 bridgehead atoms. The summed E-state index contributed by atoms with van der Waals surface area (Å²) in [6, 6.07) is 22.9. The first-order valence-corrected chi connectivity index (χ1v) is 8.40. The molecule has 1 heterocycles. The van der Waals surface area contributed by atoms with Crippen LogP contribution < -0.4 is 15.4 Å². The molecule has 1 unspecified atom stereocenters. The molecule has 2 aromatic carbocycles. The zero-order valence-electron chi connectivity index (χ0n) is 14.6. The molecule has 0 fully saturated rings. The SMILES string of the molecule is COc1ccccc1NC(=O)CNC(c1ccccc1)c1ccccn1. The zero-order chi connectivity index (χ0) is 18.2. The first-order chi connectivity index (χ1) is 12.8. The summed E-state index contributed by atoms with van der Waals surface area (Å²) in [6.07, 6.45) is 1.75. The summed E-state index contributed by atoms with van der Waals surface area (Å²) in [5, 5.41) is 6.17. The van der Waals surface area contributed by atoms with Gasteiger partial charge in [0.2, 0.25) is 5.91 Å². The Morgan fingerprint density at radius 2 is 1.73 bits per heavy atom. The average molecular weight is 347 g/mol. The maximum absolute atomic E-state index is 12.4. The van der Waals surface area contributed by atoms with E-state index in [1.165, 1.54) is 0 Å². The molecule has 0 saturated heterocycles. The Balaban J connectivity index is 1.71. The smallest absolute Gasteiger partial charge is 0.238 e. The van der Waals surface area contributed by atoms with Gasteiger partial charge in [0.05, 0.1) is 31.1 Å². The molecule has 0 radical (unpaired) electrons. The van der Waals surface area contributed by atoms with Crippen molar-refractivity contribution in [2.24, 2.45) is 0 Å². The lowest BCUT2D eigenvalue weighted by atomic mass is 10.0. The molecule has 0 spiro atoms. The van der Waals surface area contributed by atoms with E-state index in [2.05, 4.69) is 15.6 Å². The number of ether oxygens (including phenoxy) is 1. The van der Waals surface area contributed by atoms with E-state index >= 15 is 0 Å². The van der Waals surface area contributed by atoms with Gasteiger partial charge in [-0.2, -0.15) is 0 Å². The highest BCUT2D eigenvalue weighted by Crippen LogP contribution is 2.23. The monoisotopic (exact) mass is 347 g/mol. The Labute approximate surface area is 153 Å². The summed E-state index contributed by atoms with van der Waals surface area (Å²) in [6.45, 7) is 0.147. The van der Waals surface area contributed by atoms with Crippen molar-refractivity contribution in [3.63, 3.8) is 0 Å². The number of hydrogen-bond acceptors (Lipinski definition) is 4. The Kier molecular flexibility index (Phi) is 5.96. The van der Waals surface area contributed by atoms with E-state index in [4.69, 9.17) is 4.74 Å². The van der Waals surface area contributed by atoms with Crippen molar-refractivity contribution < 1.29 is 9.53 Å². The van der Waals surface area contributed by atoms with Gasteiger partial charge in [0.15, 0.2) is 0 Å². The van der Waals surface area contributed by atoms with Gasteiger partial charge in [0.1, 0.15) is 5.75 Å². The fourth-order valence-corrected chi connectivity index (χ4v) is 2.72. The van der Waals surface area contributed by atoms with Crippen molar-refractivity contribution >= 4 is 11.6 Å². The van der Waals surface area contributed by atoms with E-state index in [9.17, 15) is 4.79 Å². The van der Waals surface area contributed by atoms with E-state index in [0.717, 1.165) is 11.3 Å². The number of rotatable bonds is 7. The number of anilines is 1. The molecule has 5 heteroatoms. The third-order valence-corrected chi connectivity index (χ3v) is 3.96. The topological polar surface area (TPSA) is 63.2 Å². The predicted octanol–water partition coefficient (Wildman–Crippen LogP) is 3.41. The number of para-hydroxylation sites is 2. The fourth-order valence-electron chi connectivity index (χ4n) is 2.72. The summed E-state index contributed by atoms with van der Waals surface area (Å²) in [7, 11) is 1.58. The largest absolute Gasteiger partial charge is 0.495 e. The highest BCUT2D eigenvalue weighted by Gasteiger charge is 2.16. The van der Waals surface area contributed by atoms with Gasteiger partial charge in [-0.1, -0.05) is 48.5 Å². The standard InChI is InChI=1S/C21H21N3O2/c1-26-19-13-6-5-11-17(19)24-20(25)15-23-21(16-9-3-2-4-10-16)18-12-7-8-14-22-18/h2-14,21,23H,15H2,1H3,(H,24,25). The quantitative estimate of drug-likeness (QED) is 0.687. The molecule has 1 aromatic heterocycles. The number of carbonyl (C=O) groups excluding carboxylic acids is 1. The van der Waals surface area contributed by atoms with Crippen LogP contribution in [0, 0.1) is 0 Å². The van der Waals surface area contributed by atoms with Crippen LogP contribution in [-0.2, 0) is 4.79 Å². The number of methoxy groups -OCH3 is 1. The van der Waals surface area contributed by atoms with Crippen LogP contribution in [0.2, 0.25) is 0 Å². The van der Waals surface area contributed by atoms with Gasteiger partial charge >= 0.3 is 0 Å². The lowest BCUT2D eigenvalue weighted by Gasteiger charge is -2.19. The molecule has 2 N–H and O–H groups in total. The summed E-state index contributed by atoms with van der Waals surface area (Å²) in [4.78, 5) is 16.8. The molecule has 3 aromatic rings. The second-order valence-electron chi connectivity index (χ2n) is 5.73. The summed E-state index contributed by atoms with van der Waals surface area (Å²) in [5.41, 5.74) is 2.57. The number of amides is 1. The van der Waals surface area contributed by atoms with Crippen molar-refractivity contribution in [2.75, 3.05) is 19.0 Å². The molecule has 0 aliphatic rings. The van der Waals surface area contributed by atoms with Crippen LogP contribution in [0.5, 0.6) is 5.75 Å². The number of benzene rings is 2. The van der Waals surface area contributed by atoms with Gasteiger partial charge in [-0.15, -0.1) is 0 Å². The second kappa shape index (κ2) is 8.78. The first-order valence-electron chi connectivity index (χ1n) is 8.40. The van der Waals surface area contributed by atoms with Crippen LogP contribution in [0.25, 0.3) is 0 Å². The highest BCUT2D eigenvalue weighted by atomic mass is 16.5. The Hall–Kier alpha value is -3.18. The summed E-state index contributed by atoms with van der Waals surface area (Å²) >= 11 is 0. The van der Waals surface area contributed by atoms with Crippen LogP contribution >= 0.6 is 0 Å². The van der Waals surface area contributed by atoms with E-state index in [1.807, 2.05) is 72.8 Å². The van der Waals surface area contributed by atoms with Crippen LogP contribution in [0.1, 0.15) is 17.3 Å². The van der Waals surface area contributed by atoms with Crippen molar-refractivity contribution in [1.82, 2.24) is 10.3 Å². The van der Waals surface area contributed by atoms with Gasteiger partial charge in [-0.3, -0.25) is 15.1 Å². The minimum atomic E-state index is -0.166. The molecular formula is C21H21N3O2. The van der Waals surface area contributed by atoms with E-state index < -0.39 is 0 Å². The molecule has 5 nitrogen and oxygen atoms in total. The van der Waals surface area contributed by atoms with Crippen molar-refractivity contribution in [3.8, 4) is 5.75 Å². The average Bonchev–Trinajstić information content (AvgIpc) is 2.70. The number of aromatic nitrogens is 1. The molecule has 132 valence electrons. The molecule has 26 heavy (non-hydrogen) atoms. The number of nitrogens with one attached hydrogen (secondary N) is 2. The molecule has 3 rings (SSSR count). The van der Waals surface area contributed by atoms with Gasteiger partial charge < -0.3 is 10.1 Å². The van der Waals surface area contributed by atoms with Gasteiger partial charge in [-0.25, -0.2) is 0 Å². The molecule has 1 amide bonds. The van der Waals surface area contributed by atoms with Gasteiger partial charge in [0, 0.05) is 6.20 Å². The molecule has 0 aliphatic heterocycles. The summed E-state index contributed by atoms with van der Waals surface area (Å²) < 4.78 is 5.27. The van der Waals surface area contributed by atoms with Crippen molar-refractivity contribution in [1.29, 1.82) is 0 Å². The molecule has 0 aliphatic carbocycles. The molecule has 0 saturated carbocycles. The van der Waals surface area contributed by atoms with Crippen molar-refractivity contribution in [2.45, 2.75) is 6.04 Å². The first kappa shape index (κ1) is 17.6. The number of carbonyl (C=O) groups is 1. The van der Waals surface area contributed by atoms with Crippen LogP contribution in [0.3, 0.4) is 0 Å². The van der Waals surface area contributed by atoms with Crippen LogP contribution in [-0.4, -0.2) is 24.5 Å². The Morgan fingerprint density at radius 3 is 2.46 bits per heavy atom. The third kappa shape index (κ3) is 4.46. The van der Waals surface area contributed by atoms with E-state index in [-0.39, 0.29) is 18.5 Å². The normalized spacial score (nSPS) is 11.6. The van der Waals surface area contributed by atoms with Crippen LogP contribution in [0.15, 0.2) is 79.0 Å². The number of hydrogen-bond donors (Lipinski definition) is 2. The zero-order valence-corrected chi connectivity index (χ0v) is 14.6. The van der Waals surface area contributed by atoms with E-state index in [1.54, 1.807) is 13.3 Å². The Bertz CT molecular complexity index is 799. The lowest BCUT2D eigenvalue weighted by molar-refractivity contribution is -0.115. The Morgan fingerprint density at radius 1 is 1.00 bits per heavy atom. The molecule has 1 atom stereocenters. The highest BCUT2D eigenvalue weighted by molar-refractivity contribution is 5.93. The minimum absolute atomic E-state index is 0.147. The molecular weight excluding hydrogens is 326 g/mol. The maximum atomic E-state index is 12.4.